The molecule has 1 aromatic heterocycles. The van der Waals surface area contributed by atoms with Gasteiger partial charge in [0.2, 0.25) is 11.8 Å². The van der Waals surface area contributed by atoms with Crippen molar-refractivity contribution in [3.63, 3.8) is 0 Å². The molecule has 3 N–H and O–H groups in total. The van der Waals surface area contributed by atoms with Crippen LogP contribution in [-0.4, -0.2) is 88.1 Å². The number of rotatable bonds is 14. The average Bonchev–Trinajstić information content (AvgIpc) is 3.58. The van der Waals surface area contributed by atoms with Crippen molar-refractivity contribution in [2.45, 2.75) is 117 Å². The second-order valence-electron chi connectivity index (χ2n) is 14.4. The molecule has 270 valence electrons. The lowest BCUT2D eigenvalue weighted by molar-refractivity contribution is -0.162. The van der Waals surface area contributed by atoms with E-state index in [9.17, 15) is 24.3 Å². The topological polar surface area (TPSA) is 141 Å². The molecule has 4 rings (SSSR count). The summed E-state index contributed by atoms with van der Waals surface area (Å²) in [5, 5.41) is 18.0. The largest absolute Gasteiger partial charge is 0.481 e. The summed E-state index contributed by atoms with van der Waals surface area (Å²) in [4.78, 5) is 61.0. The maximum atomic E-state index is 14.1. The van der Waals surface area contributed by atoms with Crippen molar-refractivity contribution in [2.75, 3.05) is 20.3 Å². The first kappa shape index (κ1) is 38.5. The summed E-state index contributed by atoms with van der Waals surface area (Å²) in [6.07, 6.45) is 4.50. The number of thiazole rings is 1. The Morgan fingerprint density at radius 1 is 1.08 bits per heavy atom. The van der Waals surface area contributed by atoms with E-state index in [-0.39, 0.29) is 66.5 Å². The fraction of sp³-hybridized carbons (Fsp3) is 0.649. The van der Waals surface area contributed by atoms with Crippen molar-refractivity contribution in [1.29, 1.82) is 0 Å². The third-order valence-corrected chi connectivity index (χ3v) is 11.1. The van der Waals surface area contributed by atoms with Gasteiger partial charge in [0.15, 0.2) is 0 Å². The molecule has 3 heterocycles. The van der Waals surface area contributed by atoms with E-state index in [1.165, 1.54) is 11.3 Å². The van der Waals surface area contributed by atoms with Gasteiger partial charge in [0.25, 0.3) is 5.91 Å². The van der Waals surface area contributed by atoms with Gasteiger partial charge in [0.1, 0.15) is 29.6 Å². The molecule has 2 aliphatic rings. The predicted molar refractivity (Wildman–Crippen MR) is 190 cm³/mol. The van der Waals surface area contributed by atoms with Gasteiger partial charge in [0.05, 0.1) is 12.0 Å². The summed E-state index contributed by atoms with van der Waals surface area (Å²) in [6, 6.07) is 6.57. The zero-order chi connectivity index (χ0) is 35.8. The van der Waals surface area contributed by atoms with Crippen LogP contribution in [0.15, 0.2) is 29.6 Å². The summed E-state index contributed by atoms with van der Waals surface area (Å²) < 4.78 is 6.26. The maximum absolute atomic E-state index is 14.1. The lowest BCUT2D eigenvalue weighted by atomic mass is 9.91. The molecule has 0 aliphatic carbocycles. The van der Waals surface area contributed by atoms with Crippen LogP contribution in [0.2, 0.25) is 0 Å². The first-order valence-electron chi connectivity index (χ1n) is 17.8. The number of carboxylic acids is 1. The highest BCUT2D eigenvalue weighted by Gasteiger charge is 2.41. The Kier molecular flexibility index (Phi) is 13.8. The van der Waals surface area contributed by atoms with Gasteiger partial charge < -0.3 is 25.4 Å². The molecule has 7 atom stereocenters. The zero-order valence-corrected chi connectivity index (χ0v) is 30.9. The molecule has 2 fully saturated rings. The Bertz CT molecular complexity index is 1430. The van der Waals surface area contributed by atoms with E-state index >= 15 is 0 Å². The van der Waals surface area contributed by atoms with Gasteiger partial charge in [-0.15, -0.1) is 11.3 Å². The predicted octanol–water partition coefficient (Wildman–Crippen LogP) is 5.19. The SMILES string of the molecule is CCC(C)C(NC(=O)C1CCCCN1C)C(=O)N1COC(c2nc(C(=O)NC(Cc3ccc(C)cc3)CC(C)C(=O)O)cs2)CC1C(C)C. The van der Waals surface area contributed by atoms with Crippen LogP contribution in [0.25, 0.3) is 0 Å². The quantitative estimate of drug-likeness (QED) is 0.245. The molecule has 2 aromatic rings. The number of carbonyl (C=O) groups is 4. The van der Waals surface area contributed by atoms with Crippen LogP contribution < -0.4 is 10.6 Å². The van der Waals surface area contributed by atoms with E-state index in [4.69, 9.17) is 4.74 Å². The number of hydrogen-bond acceptors (Lipinski definition) is 8. The molecule has 0 bridgehead atoms. The number of carboxylic acid groups (broad SMARTS) is 1. The minimum absolute atomic E-state index is 0.0516. The summed E-state index contributed by atoms with van der Waals surface area (Å²) in [6.45, 7) is 12.8. The number of aromatic nitrogens is 1. The molecular weight excluding hydrogens is 643 g/mol. The zero-order valence-electron chi connectivity index (χ0n) is 30.1. The Balaban J connectivity index is 1.44. The monoisotopic (exact) mass is 697 g/mol. The lowest BCUT2D eigenvalue weighted by Gasteiger charge is -2.43. The average molecular weight is 698 g/mol. The molecule has 12 heteroatoms. The van der Waals surface area contributed by atoms with Crippen LogP contribution in [0, 0.1) is 24.7 Å². The lowest BCUT2D eigenvalue weighted by Crippen LogP contribution is -2.60. The number of aliphatic carboxylic acids is 1. The normalized spacial score (nSPS) is 22.6. The Morgan fingerprint density at radius 3 is 2.43 bits per heavy atom. The molecular formula is C37H55N5O6S. The molecule has 7 unspecified atom stereocenters. The summed E-state index contributed by atoms with van der Waals surface area (Å²) >= 11 is 1.34. The number of nitrogens with zero attached hydrogens (tertiary/aromatic N) is 3. The second kappa shape index (κ2) is 17.5. The molecule has 3 amide bonds. The number of nitrogens with one attached hydrogen (secondary N) is 2. The molecule has 0 radical (unpaired) electrons. The fourth-order valence-electron chi connectivity index (χ4n) is 6.76. The van der Waals surface area contributed by atoms with Gasteiger partial charge in [-0.05, 0) is 63.6 Å². The highest BCUT2D eigenvalue weighted by molar-refractivity contribution is 7.09. The van der Waals surface area contributed by atoms with Crippen molar-refractivity contribution in [1.82, 2.24) is 25.4 Å². The molecule has 1 aromatic carbocycles. The van der Waals surface area contributed by atoms with E-state index in [1.54, 1.807) is 17.2 Å². The fourth-order valence-corrected chi connectivity index (χ4v) is 7.62. The summed E-state index contributed by atoms with van der Waals surface area (Å²) in [7, 11) is 1.97. The minimum atomic E-state index is -0.907. The van der Waals surface area contributed by atoms with Crippen molar-refractivity contribution in [3.05, 3.63) is 51.5 Å². The molecule has 2 aliphatic heterocycles. The first-order chi connectivity index (χ1) is 23.3. The third-order valence-electron chi connectivity index (χ3n) is 10.2. The van der Waals surface area contributed by atoms with E-state index in [0.29, 0.717) is 17.8 Å². The Morgan fingerprint density at radius 2 is 1.80 bits per heavy atom. The highest BCUT2D eigenvalue weighted by atomic mass is 32.1. The van der Waals surface area contributed by atoms with Crippen molar-refractivity contribution in [2.24, 2.45) is 17.8 Å². The minimum Gasteiger partial charge on any atom is -0.481 e. The number of carbonyl (C=O) groups excluding carboxylic acids is 3. The maximum Gasteiger partial charge on any atom is 0.306 e. The van der Waals surface area contributed by atoms with Gasteiger partial charge in [-0.1, -0.05) is 77.3 Å². The van der Waals surface area contributed by atoms with Gasteiger partial charge >= 0.3 is 5.97 Å². The van der Waals surface area contributed by atoms with Crippen molar-refractivity contribution < 1.29 is 29.0 Å². The smallest absolute Gasteiger partial charge is 0.306 e. The number of benzene rings is 1. The van der Waals surface area contributed by atoms with E-state index in [2.05, 4.69) is 34.4 Å². The molecule has 0 spiro atoms. The molecule has 49 heavy (non-hydrogen) atoms. The van der Waals surface area contributed by atoms with Crippen molar-refractivity contribution in [3.8, 4) is 0 Å². The van der Waals surface area contributed by atoms with Crippen molar-refractivity contribution >= 4 is 35.0 Å². The Labute approximate surface area is 295 Å². The van der Waals surface area contributed by atoms with Crippen LogP contribution in [0.3, 0.4) is 0 Å². The van der Waals surface area contributed by atoms with Crippen LogP contribution in [0.4, 0.5) is 0 Å². The van der Waals surface area contributed by atoms with Gasteiger partial charge in [-0.25, -0.2) is 4.98 Å². The summed E-state index contributed by atoms with van der Waals surface area (Å²) in [5.74, 6) is -2.05. The Hall–Kier alpha value is -3.35. The third kappa shape index (κ3) is 10.1. The standard InChI is InChI=1S/C37H55N5O6S/c1-8-24(5)32(40-34(44)29-11-9-10-16-41(29)7)36(45)42-21-48-31(19-30(42)22(2)3)35-39-28(20-49-35)33(43)38-27(17-25(6)37(46)47)18-26-14-12-23(4)13-15-26/h12-15,20,22,24-25,27,29-32H,8-11,16-19,21H2,1-7H3,(H,38,43)(H,40,44)(H,46,47). The van der Waals surface area contributed by atoms with E-state index < -0.39 is 24.0 Å². The second-order valence-corrected chi connectivity index (χ2v) is 15.3. The number of likely N-dealkylation sites (N-methyl/N-ethyl adjacent to an activating group) is 1. The van der Waals surface area contributed by atoms with Crippen LogP contribution in [-0.2, 0) is 25.5 Å². The molecule has 11 nitrogen and oxygen atoms in total. The van der Waals surface area contributed by atoms with Crippen LogP contribution >= 0.6 is 11.3 Å². The van der Waals surface area contributed by atoms with Gasteiger partial charge in [-0.2, -0.15) is 0 Å². The number of hydrogen-bond donors (Lipinski definition) is 3. The number of amides is 3. The summed E-state index contributed by atoms with van der Waals surface area (Å²) in [5.41, 5.74) is 2.39. The first-order valence-corrected chi connectivity index (χ1v) is 18.6. The van der Waals surface area contributed by atoms with Gasteiger partial charge in [0, 0.05) is 23.9 Å². The van der Waals surface area contributed by atoms with Gasteiger partial charge in [-0.3, -0.25) is 24.1 Å². The van der Waals surface area contributed by atoms with E-state index in [1.807, 2.05) is 52.1 Å². The number of aryl methyl sites for hydroxylation is 1. The molecule has 2 saturated heterocycles. The number of likely N-dealkylation sites (tertiary alicyclic amines) is 1. The van der Waals surface area contributed by atoms with Crippen LogP contribution in [0.5, 0.6) is 0 Å². The highest BCUT2D eigenvalue weighted by Crippen LogP contribution is 2.35. The number of ether oxygens (including phenoxy) is 1. The van der Waals surface area contributed by atoms with E-state index in [0.717, 1.165) is 43.4 Å². The van der Waals surface area contributed by atoms with Crippen LogP contribution in [0.1, 0.15) is 106 Å². The molecule has 0 saturated carbocycles. The number of piperidine rings is 1.